The lowest BCUT2D eigenvalue weighted by Crippen LogP contribution is -2.31. The predicted molar refractivity (Wildman–Crippen MR) is 92.8 cm³/mol. The van der Waals surface area contributed by atoms with Gasteiger partial charge in [-0.2, -0.15) is 0 Å². The topological polar surface area (TPSA) is 45.2 Å². The second kappa shape index (κ2) is 9.60. The molecule has 1 N–H and O–H groups in total. The summed E-state index contributed by atoms with van der Waals surface area (Å²) in [6.45, 7) is 2.89. The molecule has 0 saturated heterocycles. The van der Waals surface area contributed by atoms with E-state index in [-0.39, 0.29) is 30.7 Å². The average molecular weight is 348 g/mol. The second-order valence-electron chi connectivity index (χ2n) is 4.33. The van der Waals surface area contributed by atoms with Crippen LogP contribution in [0.4, 0.5) is 5.69 Å². The highest BCUT2D eigenvalue weighted by Gasteiger charge is 2.11. The Hall–Kier alpha value is -1.30. The molecule has 21 heavy (non-hydrogen) atoms. The van der Waals surface area contributed by atoms with Gasteiger partial charge in [0.15, 0.2) is 0 Å². The van der Waals surface area contributed by atoms with E-state index in [9.17, 15) is 4.79 Å². The fourth-order valence-electron chi connectivity index (χ4n) is 1.65. The van der Waals surface area contributed by atoms with Crippen LogP contribution in [0.5, 0.6) is 0 Å². The standard InChI is InChI=1S/C14H17N3OS.2ClH/c1-11-13(19-10-16-11)9-17(2)14(18)8-15-12-6-4-3-5-7-12;;/h3-7,10,15H,8-9H2,1-2H3;2*1H. The van der Waals surface area contributed by atoms with Gasteiger partial charge in [0, 0.05) is 17.6 Å². The van der Waals surface area contributed by atoms with Crippen LogP contribution >= 0.6 is 36.2 Å². The van der Waals surface area contributed by atoms with Crippen molar-refractivity contribution in [2.24, 2.45) is 0 Å². The Labute approximate surface area is 141 Å². The maximum Gasteiger partial charge on any atom is 0.241 e. The molecular weight excluding hydrogens is 329 g/mol. The normalized spacial score (nSPS) is 9.24. The third kappa shape index (κ3) is 5.91. The SMILES string of the molecule is Cc1ncsc1CN(C)C(=O)CNc1ccccc1.Cl.Cl. The van der Waals surface area contributed by atoms with Gasteiger partial charge < -0.3 is 10.2 Å². The first-order chi connectivity index (χ1) is 9.16. The summed E-state index contributed by atoms with van der Waals surface area (Å²) in [6.07, 6.45) is 0. The number of benzene rings is 1. The first-order valence-electron chi connectivity index (χ1n) is 6.08. The van der Waals surface area contributed by atoms with E-state index in [1.165, 1.54) is 0 Å². The molecule has 0 bridgehead atoms. The molecule has 7 heteroatoms. The molecule has 0 spiro atoms. The summed E-state index contributed by atoms with van der Waals surface area (Å²) in [5.74, 6) is 0.0663. The van der Waals surface area contributed by atoms with E-state index in [1.807, 2.05) is 49.8 Å². The van der Waals surface area contributed by atoms with E-state index in [0.29, 0.717) is 13.1 Å². The number of anilines is 1. The van der Waals surface area contributed by atoms with Crippen LogP contribution in [-0.4, -0.2) is 29.4 Å². The maximum absolute atomic E-state index is 12.0. The number of halogens is 2. The lowest BCUT2D eigenvalue weighted by atomic mass is 10.3. The number of rotatable bonds is 5. The Kier molecular flexibility index (Phi) is 9.01. The van der Waals surface area contributed by atoms with E-state index >= 15 is 0 Å². The van der Waals surface area contributed by atoms with Crippen molar-refractivity contribution in [1.82, 2.24) is 9.88 Å². The summed E-state index contributed by atoms with van der Waals surface area (Å²) < 4.78 is 0. The zero-order chi connectivity index (χ0) is 13.7. The van der Waals surface area contributed by atoms with Crippen LogP contribution in [0, 0.1) is 6.92 Å². The number of likely N-dealkylation sites (N-methyl/N-ethyl adjacent to an activating group) is 1. The van der Waals surface area contributed by atoms with E-state index < -0.39 is 0 Å². The fourth-order valence-corrected chi connectivity index (χ4v) is 2.48. The molecule has 116 valence electrons. The lowest BCUT2D eigenvalue weighted by molar-refractivity contribution is -0.128. The quantitative estimate of drug-likeness (QED) is 0.901. The van der Waals surface area contributed by atoms with Crippen molar-refractivity contribution < 1.29 is 4.79 Å². The molecule has 0 fully saturated rings. The van der Waals surface area contributed by atoms with Gasteiger partial charge in [-0.05, 0) is 19.1 Å². The molecule has 0 atom stereocenters. The summed E-state index contributed by atoms with van der Waals surface area (Å²) in [6, 6.07) is 9.72. The number of aryl methyl sites for hydroxylation is 1. The first kappa shape index (κ1) is 19.7. The van der Waals surface area contributed by atoms with E-state index in [1.54, 1.807) is 16.2 Å². The van der Waals surface area contributed by atoms with Gasteiger partial charge in [0.1, 0.15) is 0 Å². The number of nitrogens with zero attached hydrogens (tertiary/aromatic N) is 2. The molecule has 0 saturated carbocycles. The Morgan fingerprint density at radius 1 is 1.29 bits per heavy atom. The molecule has 1 aromatic heterocycles. The van der Waals surface area contributed by atoms with Crippen molar-refractivity contribution in [3.05, 3.63) is 46.4 Å². The molecule has 0 aliphatic heterocycles. The van der Waals surface area contributed by atoms with Crippen LogP contribution in [0.15, 0.2) is 35.8 Å². The van der Waals surface area contributed by atoms with Gasteiger partial charge in [-0.3, -0.25) is 4.79 Å². The summed E-state index contributed by atoms with van der Waals surface area (Å²) in [5.41, 5.74) is 3.77. The number of aromatic nitrogens is 1. The Morgan fingerprint density at radius 2 is 1.95 bits per heavy atom. The Morgan fingerprint density at radius 3 is 2.52 bits per heavy atom. The van der Waals surface area contributed by atoms with Crippen LogP contribution in [0.2, 0.25) is 0 Å². The van der Waals surface area contributed by atoms with Crippen molar-refractivity contribution in [2.75, 3.05) is 18.9 Å². The molecule has 0 aliphatic carbocycles. The van der Waals surface area contributed by atoms with E-state index in [4.69, 9.17) is 0 Å². The number of amides is 1. The molecule has 0 aliphatic rings. The van der Waals surface area contributed by atoms with Gasteiger partial charge in [-0.1, -0.05) is 18.2 Å². The number of para-hydroxylation sites is 1. The Balaban J connectivity index is 0.00000200. The van der Waals surface area contributed by atoms with Crippen LogP contribution in [-0.2, 0) is 11.3 Å². The number of hydrogen-bond donors (Lipinski definition) is 1. The molecule has 1 aromatic carbocycles. The van der Waals surface area contributed by atoms with Crippen molar-refractivity contribution >= 4 is 47.7 Å². The molecule has 1 amide bonds. The minimum atomic E-state index is 0. The first-order valence-corrected chi connectivity index (χ1v) is 6.96. The number of carbonyl (C=O) groups excluding carboxylic acids is 1. The summed E-state index contributed by atoms with van der Waals surface area (Å²) in [4.78, 5) is 19.0. The van der Waals surface area contributed by atoms with E-state index in [0.717, 1.165) is 16.3 Å². The van der Waals surface area contributed by atoms with Crippen LogP contribution in [0.1, 0.15) is 10.6 Å². The summed E-state index contributed by atoms with van der Waals surface area (Å²) in [7, 11) is 1.81. The van der Waals surface area contributed by atoms with Gasteiger partial charge in [0.25, 0.3) is 0 Å². The van der Waals surface area contributed by atoms with Gasteiger partial charge in [-0.25, -0.2) is 4.98 Å². The van der Waals surface area contributed by atoms with E-state index in [2.05, 4.69) is 10.3 Å². The molecular formula is C14H19Cl2N3OS. The van der Waals surface area contributed by atoms with Crippen molar-refractivity contribution in [2.45, 2.75) is 13.5 Å². The van der Waals surface area contributed by atoms with Crippen molar-refractivity contribution in [3.63, 3.8) is 0 Å². The smallest absolute Gasteiger partial charge is 0.241 e. The average Bonchev–Trinajstić information content (AvgIpc) is 2.82. The largest absolute Gasteiger partial charge is 0.376 e. The molecule has 2 aromatic rings. The number of carbonyl (C=O) groups is 1. The fraction of sp³-hybridized carbons (Fsp3) is 0.286. The van der Waals surface area contributed by atoms with Crippen LogP contribution in [0.25, 0.3) is 0 Å². The molecule has 4 nitrogen and oxygen atoms in total. The number of thiazole rings is 1. The zero-order valence-corrected chi connectivity index (χ0v) is 14.4. The predicted octanol–water partition coefficient (Wildman–Crippen LogP) is 3.37. The van der Waals surface area contributed by atoms with Crippen LogP contribution in [0.3, 0.4) is 0 Å². The number of hydrogen-bond acceptors (Lipinski definition) is 4. The number of nitrogens with one attached hydrogen (secondary N) is 1. The zero-order valence-electron chi connectivity index (χ0n) is 11.9. The van der Waals surface area contributed by atoms with Gasteiger partial charge in [0.05, 0.1) is 24.3 Å². The minimum Gasteiger partial charge on any atom is -0.376 e. The van der Waals surface area contributed by atoms with Gasteiger partial charge in [-0.15, -0.1) is 36.2 Å². The lowest BCUT2D eigenvalue weighted by Gasteiger charge is -2.17. The van der Waals surface area contributed by atoms with Gasteiger partial charge >= 0.3 is 0 Å². The van der Waals surface area contributed by atoms with Crippen molar-refractivity contribution in [3.8, 4) is 0 Å². The third-order valence-corrected chi connectivity index (χ3v) is 3.79. The van der Waals surface area contributed by atoms with Crippen LogP contribution < -0.4 is 5.32 Å². The maximum atomic E-state index is 12.0. The minimum absolute atomic E-state index is 0. The molecule has 0 unspecified atom stereocenters. The monoisotopic (exact) mass is 347 g/mol. The highest BCUT2D eigenvalue weighted by atomic mass is 35.5. The second-order valence-corrected chi connectivity index (χ2v) is 5.27. The summed E-state index contributed by atoms with van der Waals surface area (Å²) in [5, 5.41) is 3.12. The molecule has 2 rings (SSSR count). The Bertz CT molecular complexity index is 548. The highest BCUT2D eigenvalue weighted by Crippen LogP contribution is 2.14. The summed E-state index contributed by atoms with van der Waals surface area (Å²) >= 11 is 1.58. The molecule has 0 radical (unpaired) electrons. The van der Waals surface area contributed by atoms with Gasteiger partial charge in [0.2, 0.25) is 5.91 Å². The molecule has 1 heterocycles. The van der Waals surface area contributed by atoms with Crippen molar-refractivity contribution in [1.29, 1.82) is 0 Å². The highest BCUT2D eigenvalue weighted by molar-refractivity contribution is 7.09. The third-order valence-electron chi connectivity index (χ3n) is 2.87.